The Bertz CT molecular complexity index is 2570. The van der Waals surface area contributed by atoms with Gasteiger partial charge in [0.2, 0.25) is 23.6 Å². The van der Waals surface area contributed by atoms with Gasteiger partial charge in [0.1, 0.15) is 61.2 Å². The van der Waals surface area contributed by atoms with Gasteiger partial charge in [-0.25, -0.2) is 9.97 Å². The molecule has 1 aromatic heterocycles. The van der Waals surface area contributed by atoms with Crippen LogP contribution in [0.15, 0.2) is 54.6 Å². The minimum absolute atomic E-state index is 0.00136. The molecule has 0 spiro atoms. The van der Waals surface area contributed by atoms with Crippen molar-refractivity contribution in [1.82, 2.24) is 36.1 Å². The maximum atomic E-state index is 14.8. The van der Waals surface area contributed by atoms with Gasteiger partial charge in [-0.3, -0.25) is 24.0 Å². The van der Waals surface area contributed by atoms with Gasteiger partial charge in [-0.2, -0.15) is 5.26 Å². The molecule has 0 aliphatic carbocycles. The number of nitrogens with two attached hydrogens (primary N) is 3. The van der Waals surface area contributed by atoms with E-state index in [9.17, 15) is 29.2 Å². The van der Waals surface area contributed by atoms with Gasteiger partial charge in [-0.15, -0.1) is 0 Å². The first kappa shape index (κ1) is 50.3. The molecular weight excluding hydrogens is 871 g/mol. The second-order valence-electron chi connectivity index (χ2n) is 17.5. The zero-order valence-corrected chi connectivity index (χ0v) is 39.4. The molecule has 6 rings (SSSR count). The molecule has 4 atom stereocenters. The smallest absolute Gasteiger partial charge is 0.255 e. The van der Waals surface area contributed by atoms with Crippen LogP contribution < -0.4 is 52.7 Å². The van der Waals surface area contributed by atoms with Crippen LogP contribution in [0.25, 0.3) is 22.5 Å². The van der Waals surface area contributed by atoms with E-state index in [1.807, 2.05) is 24.3 Å². The van der Waals surface area contributed by atoms with Crippen LogP contribution in [-0.2, 0) is 31.0 Å². The van der Waals surface area contributed by atoms with Gasteiger partial charge < -0.3 is 57.6 Å². The molecule has 68 heavy (non-hydrogen) atoms. The van der Waals surface area contributed by atoms with Gasteiger partial charge in [0.25, 0.3) is 5.91 Å². The summed E-state index contributed by atoms with van der Waals surface area (Å²) in [5, 5.41) is 20.0. The van der Waals surface area contributed by atoms with Gasteiger partial charge in [0.05, 0.1) is 29.6 Å². The van der Waals surface area contributed by atoms with Crippen LogP contribution in [-0.4, -0.2) is 116 Å². The number of amides is 5. The lowest BCUT2D eigenvalue weighted by atomic mass is 9.79. The van der Waals surface area contributed by atoms with Crippen LogP contribution in [0.4, 0.5) is 0 Å². The van der Waals surface area contributed by atoms with Crippen molar-refractivity contribution in [1.29, 1.82) is 5.26 Å². The molecule has 10 N–H and O–H groups in total. The van der Waals surface area contributed by atoms with Gasteiger partial charge in [-0.1, -0.05) is 38.1 Å². The molecule has 4 bridgehead atoms. The Morgan fingerprint density at radius 1 is 0.926 bits per heavy atom. The van der Waals surface area contributed by atoms with Gasteiger partial charge in [0.15, 0.2) is 5.82 Å². The van der Waals surface area contributed by atoms with Gasteiger partial charge >= 0.3 is 0 Å². The Morgan fingerprint density at radius 3 is 2.24 bits per heavy atom. The average Bonchev–Trinajstić information content (AvgIpc) is 3.30. The second kappa shape index (κ2) is 22.1. The number of nitrogens with one attached hydrogen (secondary N) is 4. The summed E-state index contributed by atoms with van der Waals surface area (Å²) in [7, 11) is 1.42. The van der Waals surface area contributed by atoms with Crippen LogP contribution in [0, 0.1) is 25.2 Å². The summed E-state index contributed by atoms with van der Waals surface area (Å²) in [5.41, 5.74) is 22.3. The highest BCUT2D eigenvalue weighted by Gasteiger charge is 2.37. The lowest BCUT2D eigenvalue weighted by Gasteiger charge is -2.33. The highest BCUT2D eigenvalue weighted by atomic mass is 16.5. The van der Waals surface area contributed by atoms with Gasteiger partial charge in [-0.05, 0) is 92.6 Å². The fourth-order valence-corrected chi connectivity index (χ4v) is 8.42. The van der Waals surface area contributed by atoms with Crippen molar-refractivity contribution in [3.8, 4) is 45.8 Å². The van der Waals surface area contributed by atoms with Crippen LogP contribution in [0.1, 0.15) is 78.1 Å². The maximum Gasteiger partial charge on any atom is 0.255 e. The van der Waals surface area contributed by atoms with E-state index in [1.54, 1.807) is 50.2 Å². The monoisotopic (exact) mass is 931 g/mol. The minimum Gasteiger partial charge on any atom is -0.493 e. The molecule has 4 aromatic rings. The number of hydrogen-bond acceptors (Lipinski definition) is 14. The Balaban J connectivity index is 1.38. The first-order chi connectivity index (χ1) is 32.5. The Kier molecular flexibility index (Phi) is 16.3. The molecule has 19 heteroatoms. The second-order valence-corrected chi connectivity index (χ2v) is 17.5. The van der Waals surface area contributed by atoms with E-state index in [1.165, 1.54) is 18.9 Å². The van der Waals surface area contributed by atoms with E-state index >= 15 is 0 Å². The number of likely N-dealkylation sites (N-methyl/N-ethyl adjacent to an activating group) is 1. The summed E-state index contributed by atoms with van der Waals surface area (Å²) < 4.78 is 18.2. The minimum atomic E-state index is -1.41. The van der Waals surface area contributed by atoms with Crippen LogP contribution >= 0.6 is 0 Å². The van der Waals surface area contributed by atoms with Crippen LogP contribution in [0.3, 0.4) is 0 Å². The number of rotatable bonds is 15. The maximum absolute atomic E-state index is 14.8. The van der Waals surface area contributed by atoms with Crippen LogP contribution in [0.5, 0.6) is 17.2 Å². The summed E-state index contributed by atoms with van der Waals surface area (Å²) in [5.74, 6) is -1.44. The molecule has 0 saturated carbocycles. The van der Waals surface area contributed by atoms with Crippen molar-refractivity contribution >= 4 is 29.5 Å². The van der Waals surface area contributed by atoms with E-state index in [2.05, 4.69) is 35.1 Å². The molecule has 5 amide bonds. The number of hydrogen-bond donors (Lipinski definition) is 7. The van der Waals surface area contributed by atoms with Crippen molar-refractivity contribution in [3.05, 3.63) is 88.2 Å². The fraction of sp³-hybridized carbons (Fsp3) is 0.429. The standard InChI is InChI=1S/C49H61N11O8/c1-27-41(28(2)56-43(55-27)32-8-10-35-40(26-32)66-20-14-49(35,4)5)46(63)58-36(13-15-50)48(65)60(6)42-31-9-12-39(68-22-18-53)34(25-31)33-23-30(7-11-38(33)67-21-17-52)24-37(45(62)54-19-16-51)59-44(61)29(3)57-47(42)64/h7-12,23,25-26,29,36-37,42H,13-15,17-22,24,50,52-53H2,1-6H3,(H,54,62)(H,57,64)(H,58,63)(H,59,61)/t29-,36?,37-,42-/m0/s1. The number of aryl methyl sites for hydroxylation is 2. The number of carbonyl (C=O) groups is 5. The number of nitriles is 1. The zero-order valence-electron chi connectivity index (χ0n) is 39.4. The largest absolute Gasteiger partial charge is 0.493 e. The molecule has 2 aliphatic rings. The number of benzene rings is 3. The third-order valence-electron chi connectivity index (χ3n) is 12.1. The highest BCUT2D eigenvalue weighted by Crippen LogP contribution is 2.41. The molecule has 19 nitrogen and oxygen atoms in total. The topological polar surface area (TPSA) is 292 Å². The number of fused-ring (bicyclic) bond motifs is 6. The van der Waals surface area contributed by atoms with Crippen molar-refractivity contribution in [3.63, 3.8) is 0 Å². The molecule has 1 unspecified atom stereocenters. The Morgan fingerprint density at radius 2 is 1.59 bits per heavy atom. The third kappa shape index (κ3) is 11.3. The van der Waals surface area contributed by atoms with E-state index < -0.39 is 53.7 Å². The summed E-state index contributed by atoms with van der Waals surface area (Å²) in [4.78, 5) is 81.3. The SMILES string of the molecule is Cc1nc(-c2ccc3c(c2)OCCC3(C)C)nc(C)c1C(=O)NC(CCN)C(=O)N(C)[C@@H]1C(=O)N[C@@H](C)C(=O)N[C@H](C(=O)NCC#N)Cc2ccc(OCCN)c(c2)-c2cc1ccc2OCCN. The summed E-state index contributed by atoms with van der Waals surface area (Å²) >= 11 is 0. The number of carbonyl (C=O) groups excluding carboxylic acids is 5. The van der Waals surface area contributed by atoms with Gasteiger partial charge in [0, 0.05) is 43.2 Å². The normalized spacial score (nSPS) is 17.9. The molecule has 0 radical (unpaired) electrons. The quantitative estimate of drug-likeness (QED) is 0.0840. The molecule has 3 aromatic carbocycles. The summed E-state index contributed by atoms with van der Waals surface area (Å²) in [6, 6.07) is 12.9. The lowest BCUT2D eigenvalue weighted by molar-refractivity contribution is -0.141. The summed E-state index contributed by atoms with van der Waals surface area (Å²) in [6.45, 7) is 10.1. The first-order valence-corrected chi connectivity index (χ1v) is 22.6. The zero-order chi connectivity index (χ0) is 49.3. The van der Waals surface area contributed by atoms with E-state index in [4.69, 9.17) is 41.4 Å². The first-order valence-electron chi connectivity index (χ1n) is 22.6. The third-order valence-corrected chi connectivity index (χ3v) is 12.1. The van der Waals surface area contributed by atoms with Crippen molar-refractivity contribution in [2.45, 2.75) is 83.5 Å². The molecule has 2 aliphatic heterocycles. The number of aromatic nitrogens is 2. The summed E-state index contributed by atoms with van der Waals surface area (Å²) in [6.07, 6.45) is 0.882. The fourth-order valence-electron chi connectivity index (χ4n) is 8.42. The van der Waals surface area contributed by atoms with E-state index in [-0.39, 0.29) is 63.2 Å². The predicted octanol–water partition coefficient (Wildman–Crippen LogP) is 1.99. The van der Waals surface area contributed by atoms with Crippen molar-refractivity contribution < 1.29 is 38.2 Å². The number of ether oxygens (including phenoxy) is 3. The molecule has 0 saturated heterocycles. The van der Waals surface area contributed by atoms with Crippen LogP contribution in [0.2, 0.25) is 0 Å². The van der Waals surface area contributed by atoms with E-state index in [0.29, 0.717) is 57.6 Å². The predicted molar refractivity (Wildman–Crippen MR) is 253 cm³/mol. The molecular formula is C49H61N11O8. The van der Waals surface area contributed by atoms with Crippen molar-refractivity contribution in [2.75, 3.05) is 53.0 Å². The highest BCUT2D eigenvalue weighted by molar-refractivity contribution is 6.00. The molecule has 360 valence electrons. The Labute approximate surface area is 395 Å². The van der Waals surface area contributed by atoms with Crippen molar-refractivity contribution in [2.24, 2.45) is 17.2 Å². The Hall–Kier alpha value is -7.14. The average molecular weight is 932 g/mol. The molecule has 3 heterocycles. The lowest BCUT2D eigenvalue weighted by Crippen LogP contribution is -2.56. The number of nitrogens with zero attached hydrogens (tertiary/aromatic N) is 4. The molecule has 0 fully saturated rings. The van der Waals surface area contributed by atoms with E-state index in [0.717, 1.165) is 23.3 Å².